The molecule has 1 aliphatic rings. The molecule has 6 heteroatoms. The van der Waals surface area contributed by atoms with Gasteiger partial charge in [-0.1, -0.05) is 26.0 Å². The van der Waals surface area contributed by atoms with Crippen LogP contribution in [0.25, 0.3) is 0 Å². The van der Waals surface area contributed by atoms with Gasteiger partial charge in [0.25, 0.3) is 0 Å². The summed E-state index contributed by atoms with van der Waals surface area (Å²) in [4.78, 5) is 28.3. The number of rotatable bonds is 4. The molecule has 1 aliphatic heterocycles. The first-order chi connectivity index (χ1) is 11.0. The van der Waals surface area contributed by atoms with Crippen LogP contribution in [-0.4, -0.2) is 61.6 Å². The molecule has 0 saturated carbocycles. The summed E-state index contributed by atoms with van der Waals surface area (Å²) in [5.41, 5.74) is 0.843. The summed E-state index contributed by atoms with van der Waals surface area (Å²) in [5, 5.41) is 2.82. The van der Waals surface area contributed by atoms with Gasteiger partial charge >= 0.3 is 12.0 Å². The fourth-order valence-electron chi connectivity index (χ4n) is 2.72. The Morgan fingerprint density at radius 2 is 1.83 bits per heavy atom. The molecule has 1 aromatic carbocycles. The van der Waals surface area contributed by atoms with E-state index in [9.17, 15) is 9.59 Å². The first-order valence-electron chi connectivity index (χ1n) is 7.97. The monoisotopic (exact) mass is 319 g/mol. The average molecular weight is 319 g/mol. The van der Waals surface area contributed by atoms with E-state index in [2.05, 4.69) is 24.1 Å². The molecule has 0 atom stereocenters. The van der Waals surface area contributed by atoms with Gasteiger partial charge in [-0.25, -0.2) is 9.59 Å². The lowest BCUT2D eigenvalue weighted by Crippen LogP contribution is -2.50. The Morgan fingerprint density at radius 3 is 2.43 bits per heavy atom. The van der Waals surface area contributed by atoms with Gasteiger partial charge in [0.15, 0.2) is 0 Å². The Balaban J connectivity index is 1.95. The maximum Gasteiger partial charge on any atom is 0.339 e. The predicted molar refractivity (Wildman–Crippen MR) is 89.7 cm³/mol. The van der Waals surface area contributed by atoms with Crippen LogP contribution < -0.4 is 5.32 Å². The predicted octanol–water partition coefficient (Wildman–Crippen LogP) is 2.28. The fourth-order valence-corrected chi connectivity index (χ4v) is 2.72. The standard InChI is InChI=1S/C17H25N3O3/c1-13(2)12-19-8-10-20(11-9-19)17(22)18-15-7-5-4-6-14(15)16(21)23-3/h4-7,13H,8-12H2,1-3H3,(H,18,22). The van der Waals surface area contributed by atoms with Gasteiger partial charge in [0.1, 0.15) is 0 Å². The number of ether oxygens (including phenoxy) is 1. The van der Waals surface area contributed by atoms with E-state index in [4.69, 9.17) is 4.74 Å². The summed E-state index contributed by atoms with van der Waals surface area (Å²) in [6.07, 6.45) is 0. The van der Waals surface area contributed by atoms with Crippen molar-refractivity contribution in [3.63, 3.8) is 0 Å². The Morgan fingerprint density at radius 1 is 1.17 bits per heavy atom. The molecule has 1 N–H and O–H groups in total. The highest BCUT2D eigenvalue weighted by Crippen LogP contribution is 2.17. The van der Waals surface area contributed by atoms with Gasteiger partial charge in [-0.2, -0.15) is 0 Å². The number of benzene rings is 1. The minimum atomic E-state index is -0.456. The number of esters is 1. The van der Waals surface area contributed by atoms with Crippen LogP contribution in [0.5, 0.6) is 0 Å². The zero-order valence-electron chi connectivity index (χ0n) is 14.0. The minimum absolute atomic E-state index is 0.175. The summed E-state index contributed by atoms with van der Waals surface area (Å²) < 4.78 is 4.74. The SMILES string of the molecule is COC(=O)c1ccccc1NC(=O)N1CCN(CC(C)C)CC1. The maximum absolute atomic E-state index is 12.4. The van der Waals surface area contributed by atoms with Crippen molar-refractivity contribution in [3.05, 3.63) is 29.8 Å². The molecule has 1 heterocycles. The van der Waals surface area contributed by atoms with Crippen LogP contribution in [0, 0.1) is 5.92 Å². The number of methoxy groups -OCH3 is 1. The van der Waals surface area contributed by atoms with Crippen molar-refractivity contribution in [2.24, 2.45) is 5.92 Å². The highest BCUT2D eigenvalue weighted by Gasteiger charge is 2.22. The summed E-state index contributed by atoms with van der Waals surface area (Å²) in [6, 6.07) is 6.70. The number of anilines is 1. The molecule has 0 radical (unpaired) electrons. The number of urea groups is 1. The molecule has 0 bridgehead atoms. The maximum atomic E-state index is 12.4. The Hall–Kier alpha value is -2.08. The van der Waals surface area contributed by atoms with Crippen molar-refractivity contribution in [1.29, 1.82) is 0 Å². The largest absolute Gasteiger partial charge is 0.465 e. The average Bonchev–Trinajstić information content (AvgIpc) is 2.54. The first-order valence-corrected chi connectivity index (χ1v) is 7.97. The fraction of sp³-hybridized carbons (Fsp3) is 0.529. The van der Waals surface area contributed by atoms with Crippen LogP contribution in [-0.2, 0) is 4.74 Å². The van der Waals surface area contributed by atoms with Gasteiger partial charge in [0.2, 0.25) is 0 Å². The molecule has 0 unspecified atom stereocenters. The second-order valence-corrected chi connectivity index (χ2v) is 6.15. The van der Waals surface area contributed by atoms with Crippen LogP contribution in [0.4, 0.5) is 10.5 Å². The van der Waals surface area contributed by atoms with E-state index in [0.29, 0.717) is 30.3 Å². The molecule has 0 aromatic heterocycles. The quantitative estimate of drug-likeness (QED) is 0.865. The minimum Gasteiger partial charge on any atom is -0.465 e. The van der Waals surface area contributed by atoms with Crippen LogP contribution in [0.3, 0.4) is 0 Å². The molecule has 23 heavy (non-hydrogen) atoms. The van der Waals surface area contributed by atoms with Crippen LogP contribution >= 0.6 is 0 Å². The molecule has 2 rings (SSSR count). The highest BCUT2D eigenvalue weighted by atomic mass is 16.5. The van der Waals surface area contributed by atoms with Crippen molar-refractivity contribution >= 4 is 17.7 Å². The van der Waals surface area contributed by atoms with Gasteiger partial charge < -0.3 is 15.0 Å². The summed E-state index contributed by atoms with van der Waals surface area (Å²) >= 11 is 0. The van der Waals surface area contributed by atoms with Gasteiger partial charge in [-0.3, -0.25) is 4.90 Å². The lowest BCUT2D eigenvalue weighted by molar-refractivity contribution is 0.0602. The van der Waals surface area contributed by atoms with Crippen molar-refractivity contribution in [2.75, 3.05) is 45.2 Å². The lowest BCUT2D eigenvalue weighted by atomic mass is 10.2. The normalized spacial score (nSPS) is 15.6. The van der Waals surface area contributed by atoms with Gasteiger partial charge in [-0.05, 0) is 18.1 Å². The smallest absolute Gasteiger partial charge is 0.339 e. The molecule has 0 spiro atoms. The molecule has 0 aliphatic carbocycles. The van der Waals surface area contributed by atoms with E-state index in [1.807, 2.05) is 0 Å². The molecule has 1 saturated heterocycles. The molecule has 6 nitrogen and oxygen atoms in total. The third-order valence-corrected chi connectivity index (χ3v) is 3.86. The molecule has 126 valence electrons. The Kier molecular flexibility index (Phi) is 5.98. The van der Waals surface area contributed by atoms with E-state index in [-0.39, 0.29) is 6.03 Å². The second-order valence-electron chi connectivity index (χ2n) is 6.15. The van der Waals surface area contributed by atoms with Crippen molar-refractivity contribution in [3.8, 4) is 0 Å². The number of carbonyl (C=O) groups excluding carboxylic acids is 2. The summed E-state index contributed by atoms with van der Waals surface area (Å²) in [7, 11) is 1.33. The topological polar surface area (TPSA) is 61.9 Å². The number of nitrogens with one attached hydrogen (secondary N) is 1. The van der Waals surface area contributed by atoms with Gasteiger partial charge in [0.05, 0.1) is 18.4 Å². The third kappa shape index (κ3) is 4.69. The number of hydrogen-bond acceptors (Lipinski definition) is 4. The molecule has 2 amide bonds. The second kappa shape index (κ2) is 7.97. The van der Waals surface area contributed by atoms with E-state index >= 15 is 0 Å². The Bertz CT molecular complexity index is 552. The van der Waals surface area contributed by atoms with E-state index < -0.39 is 5.97 Å². The van der Waals surface area contributed by atoms with Crippen LogP contribution in [0.15, 0.2) is 24.3 Å². The first kappa shape index (κ1) is 17.3. The number of carbonyl (C=O) groups is 2. The van der Waals surface area contributed by atoms with Gasteiger partial charge in [-0.15, -0.1) is 0 Å². The zero-order valence-corrected chi connectivity index (χ0v) is 14.0. The zero-order chi connectivity index (χ0) is 16.8. The van der Waals surface area contributed by atoms with Crippen molar-refractivity contribution in [2.45, 2.75) is 13.8 Å². The third-order valence-electron chi connectivity index (χ3n) is 3.86. The van der Waals surface area contributed by atoms with Crippen LogP contribution in [0.2, 0.25) is 0 Å². The summed E-state index contributed by atoms with van der Waals surface area (Å²) in [6.45, 7) is 8.60. The highest BCUT2D eigenvalue weighted by molar-refractivity contribution is 6.00. The molecule has 1 fully saturated rings. The van der Waals surface area contributed by atoms with Gasteiger partial charge in [0, 0.05) is 32.7 Å². The van der Waals surface area contributed by atoms with Crippen molar-refractivity contribution in [1.82, 2.24) is 9.80 Å². The number of para-hydroxylation sites is 1. The Labute approximate surface area is 137 Å². The number of nitrogens with zero attached hydrogens (tertiary/aromatic N) is 2. The number of piperazine rings is 1. The molecular formula is C17H25N3O3. The summed E-state index contributed by atoms with van der Waals surface area (Å²) in [5.74, 6) is 0.171. The van der Waals surface area contributed by atoms with Crippen LogP contribution in [0.1, 0.15) is 24.2 Å². The lowest BCUT2D eigenvalue weighted by Gasteiger charge is -2.35. The molecular weight excluding hydrogens is 294 g/mol. The van der Waals surface area contributed by atoms with E-state index in [1.165, 1.54) is 7.11 Å². The number of amides is 2. The van der Waals surface area contributed by atoms with E-state index in [1.54, 1.807) is 29.2 Å². The van der Waals surface area contributed by atoms with Crippen molar-refractivity contribution < 1.29 is 14.3 Å². The molecule has 1 aromatic rings. The van der Waals surface area contributed by atoms with E-state index in [0.717, 1.165) is 19.6 Å². The number of hydrogen-bond donors (Lipinski definition) is 1.